The van der Waals surface area contributed by atoms with Gasteiger partial charge in [-0.1, -0.05) is 0 Å². The number of carbonyl (C=O) groups excluding carboxylic acids is 1. The molecule has 4 rings (SSSR count). The normalized spacial score (nSPS) is 26.1. The number of urea groups is 1. The zero-order chi connectivity index (χ0) is 21.7. The minimum atomic E-state index is -4.82. The fourth-order valence-corrected chi connectivity index (χ4v) is 4.55. The molecule has 3 N–H and O–H groups in total. The van der Waals surface area contributed by atoms with Gasteiger partial charge in [-0.05, 0) is 38.8 Å². The molecular weight excluding hydrogens is 420 g/mol. The third-order valence-electron chi connectivity index (χ3n) is 5.94. The highest BCUT2D eigenvalue weighted by molar-refractivity contribution is 7.80. The van der Waals surface area contributed by atoms with Crippen LogP contribution in [0.1, 0.15) is 43.2 Å². The molecule has 1 aliphatic carbocycles. The Bertz CT molecular complexity index is 902. The molecule has 0 aromatic carbocycles. The number of nitrogens with one attached hydrogen (secondary N) is 1. The van der Waals surface area contributed by atoms with Crippen LogP contribution in [0.25, 0.3) is 0 Å². The molecule has 1 spiro atoms. The number of piperidine rings is 1. The topological polar surface area (TPSA) is 162 Å². The Morgan fingerprint density at radius 2 is 2.13 bits per heavy atom. The number of aromatic nitrogens is 2. The number of rotatable bonds is 9. The lowest BCUT2D eigenvalue weighted by Gasteiger charge is -2.34. The van der Waals surface area contributed by atoms with E-state index in [4.69, 9.17) is 8.97 Å². The van der Waals surface area contributed by atoms with Gasteiger partial charge >= 0.3 is 16.4 Å². The summed E-state index contributed by atoms with van der Waals surface area (Å²) < 4.78 is 41.6. The lowest BCUT2D eigenvalue weighted by Crippen LogP contribution is -2.43. The molecule has 0 radical (unpaired) electrons. The molecule has 13 nitrogen and oxygen atoms in total. The minimum absolute atomic E-state index is 0.0482. The predicted octanol–water partition coefficient (Wildman–Crippen LogP) is -0.680. The lowest BCUT2D eigenvalue weighted by atomic mass is 9.85. The summed E-state index contributed by atoms with van der Waals surface area (Å²) in [7, 11) is -0.923. The van der Waals surface area contributed by atoms with Gasteiger partial charge in [-0.15, -0.1) is 14.5 Å². The van der Waals surface area contributed by atoms with Gasteiger partial charge in [-0.25, -0.2) is 4.79 Å². The number of aliphatic hydroxyl groups is 1. The van der Waals surface area contributed by atoms with Crippen molar-refractivity contribution in [1.29, 1.82) is 0 Å². The summed E-state index contributed by atoms with van der Waals surface area (Å²) in [5.74, 6) is 0.233. The van der Waals surface area contributed by atoms with Gasteiger partial charge in [0.2, 0.25) is 11.8 Å². The van der Waals surface area contributed by atoms with E-state index in [1.165, 1.54) is 4.90 Å². The number of amides is 2. The van der Waals surface area contributed by atoms with E-state index in [0.29, 0.717) is 13.0 Å². The summed E-state index contributed by atoms with van der Waals surface area (Å²) in [6, 6.07) is -1.71. The number of carbonyl (C=O) groups is 1. The Hall–Kier alpha value is -1.84. The fraction of sp³-hybridized carbons (Fsp3) is 0.812. The van der Waals surface area contributed by atoms with E-state index in [1.54, 1.807) is 0 Å². The summed E-state index contributed by atoms with van der Waals surface area (Å²) in [5, 5.41) is 22.1. The van der Waals surface area contributed by atoms with Crippen molar-refractivity contribution in [2.45, 2.75) is 37.5 Å². The van der Waals surface area contributed by atoms with Crippen LogP contribution in [0.15, 0.2) is 4.42 Å². The molecule has 2 saturated heterocycles. The molecule has 1 saturated carbocycles. The standard InChI is InChI=1S/C16H26N6O7S/c1-20(2)6-5-17-8-11(23)14-19-18-13(28-14)10-7-16(3-4-16)12-9-21(10)15(24)22(12)29-30(25,26)27/h10-12,17,23H,3-9H2,1-2H3,(H,25,26,27)/t10-,11-,12-/m0/s1. The van der Waals surface area contributed by atoms with Crippen LogP contribution in [0.2, 0.25) is 0 Å². The van der Waals surface area contributed by atoms with Crippen molar-refractivity contribution in [2.24, 2.45) is 5.41 Å². The highest BCUT2D eigenvalue weighted by Crippen LogP contribution is 2.61. The number of hydroxylamine groups is 2. The third-order valence-corrected chi connectivity index (χ3v) is 6.29. The molecule has 1 aromatic heterocycles. The monoisotopic (exact) mass is 446 g/mol. The minimum Gasteiger partial charge on any atom is -0.420 e. The van der Waals surface area contributed by atoms with Crippen LogP contribution in [0.3, 0.4) is 0 Å². The Morgan fingerprint density at radius 3 is 2.77 bits per heavy atom. The number of likely N-dealkylation sites (N-methyl/N-ethyl adjacent to an activating group) is 1. The second-order valence-electron chi connectivity index (χ2n) is 8.36. The van der Waals surface area contributed by atoms with E-state index in [0.717, 1.165) is 24.4 Å². The molecule has 168 valence electrons. The first-order valence-corrected chi connectivity index (χ1v) is 11.1. The summed E-state index contributed by atoms with van der Waals surface area (Å²) in [6.07, 6.45) is 1.10. The molecule has 2 amide bonds. The van der Waals surface area contributed by atoms with Gasteiger partial charge in [0.15, 0.2) is 0 Å². The smallest absolute Gasteiger partial charge is 0.418 e. The number of hydrogen-bond donors (Lipinski definition) is 3. The maximum Gasteiger partial charge on any atom is 0.418 e. The van der Waals surface area contributed by atoms with Gasteiger partial charge in [0, 0.05) is 26.2 Å². The van der Waals surface area contributed by atoms with E-state index in [-0.39, 0.29) is 30.3 Å². The second kappa shape index (κ2) is 7.69. The van der Waals surface area contributed by atoms with Crippen LogP contribution in [0, 0.1) is 5.41 Å². The van der Waals surface area contributed by atoms with E-state index < -0.39 is 34.6 Å². The summed E-state index contributed by atoms with van der Waals surface area (Å²) >= 11 is 0. The number of fused-ring (bicyclic) bond motifs is 3. The van der Waals surface area contributed by atoms with Gasteiger partial charge in [-0.3, -0.25) is 4.55 Å². The number of nitrogens with zero attached hydrogens (tertiary/aromatic N) is 5. The van der Waals surface area contributed by atoms with Gasteiger partial charge < -0.3 is 24.6 Å². The predicted molar refractivity (Wildman–Crippen MR) is 100 cm³/mol. The van der Waals surface area contributed by atoms with Crippen LogP contribution in [0.4, 0.5) is 4.79 Å². The van der Waals surface area contributed by atoms with Crippen LogP contribution < -0.4 is 5.32 Å². The first-order chi connectivity index (χ1) is 14.1. The average molecular weight is 446 g/mol. The highest BCUT2D eigenvalue weighted by atomic mass is 32.3. The van der Waals surface area contributed by atoms with Crippen molar-refractivity contribution >= 4 is 16.4 Å². The van der Waals surface area contributed by atoms with Crippen LogP contribution in [0.5, 0.6) is 0 Å². The van der Waals surface area contributed by atoms with Crippen LogP contribution in [-0.4, -0.2) is 95.5 Å². The van der Waals surface area contributed by atoms with Gasteiger partial charge in [0.1, 0.15) is 12.1 Å². The Labute approximate surface area is 173 Å². The average Bonchev–Trinajstić information content (AvgIpc) is 3.14. The Balaban J connectivity index is 1.46. The third kappa shape index (κ3) is 4.15. The van der Waals surface area contributed by atoms with E-state index in [2.05, 4.69) is 19.8 Å². The van der Waals surface area contributed by atoms with Crippen LogP contribution in [-0.2, 0) is 14.7 Å². The van der Waals surface area contributed by atoms with Gasteiger partial charge in [0.25, 0.3) is 0 Å². The van der Waals surface area contributed by atoms with Gasteiger partial charge in [0.05, 0.1) is 6.04 Å². The summed E-state index contributed by atoms with van der Waals surface area (Å²) in [5.41, 5.74) is -0.320. The molecular formula is C16H26N6O7S. The Morgan fingerprint density at radius 1 is 1.40 bits per heavy atom. The van der Waals surface area contributed by atoms with Crippen molar-refractivity contribution in [3.8, 4) is 0 Å². The molecule has 1 aromatic rings. The molecule has 3 fully saturated rings. The molecule has 3 atom stereocenters. The zero-order valence-corrected chi connectivity index (χ0v) is 17.6. The van der Waals surface area contributed by atoms with E-state index >= 15 is 0 Å². The number of aliphatic hydroxyl groups excluding tert-OH is 1. The zero-order valence-electron chi connectivity index (χ0n) is 16.8. The molecule has 0 unspecified atom stereocenters. The van der Waals surface area contributed by atoms with Crippen molar-refractivity contribution in [2.75, 3.05) is 40.3 Å². The molecule has 2 bridgehead atoms. The van der Waals surface area contributed by atoms with E-state index in [9.17, 15) is 18.3 Å². The highest BCUT2D eigenvalue weighted by Gasteiger charge is 2.64. The molecule has 30 heavy (non-hydrogen) atoms. The Kier molecular flexibility index (Phi) is 5.48. The second-order valence-corrected chi connectivity index (χ2v) is 9.37. The fourth-order valence-electron chi connectivity index (χ4n) is 4.18. The van der Waals surface area contributed by atoms with Crippen molar-refractivity contribution < 1.29 is 31.6 Å². The molecule has 14 heteroatoms. The maximum absolute atomic E-state index is 12.7. The number of hydrogen-bond acceptors (Lipinski definition) is 10. The lowest BCUT2D eigenvalue weighted by molar-refractivity contribution is -0.0530. The molecule has 2 aliphatic heterocycles. The largest absolute Gasteiger partial charge is 0.420 e. The van der Waals surface area contributed by atoms with Crippen molar-refractivity contribution in [1.82, 2.24) is 30.4 Å². The molecule has 3 heterocycles. The van der Waals surface area contributed by atoms with E-state index in [1.807, 2.05) is 19.0 Å². The summed E-state index contributed by atoms with van der Waals surface area (Å²) in [4.78, 5) is 16.1. The molecule has 3 aliphatic rings. The summed E-state index contributed by atoms with van der Waals surface area (Å²) in [6.45, 7) is 1.96. The first kappa shape index (κ1) is 21.4. The maximum atomic E-state index is 12.7. The SMILES string of the molecule is CN(C)CCNC[C@H](O)c1nnc([C@@H]2CC3(CC3)[C@@H]3CN2C(=O)N3OS(=O)(=O)O)o1. The van der Waals surface area contributed by atoms with Crippen molar-refractivity contribution in [3.05, 3.63) is 11.8 Å². The first-order valence-electron chi connectivity index (χ1n) is 9.73. The van der Waals surface area contributed by atoms with Crippen molar-refractivity contribution in [3.63, 3.8) is 0 Å². The van der Waals surface area contributed by atoms with Gasteiger partial charge in [-0.2, -0.15) is 13.5 Å². The van der Waals surface area contributed by atoms with Crippen LogP contribution >= 0.6 is 0 Å². The quantitative estimate of drug-likeness (QED) is 0.325.